The predicted octanol–water partition coefficient (Wildman–Crippen LogP) is 5.79. The molecule has 10 heteroatoms. The highest BCUT2D eigenvalue weighted by atomic mass is 16.5. The lowest BCUT2D eigenvalue weighted by Gasteiger charge is -2.35. The van der Waals surface area contributed by atoms with Crippen molar-refractivity contribution in [3.8, 4) is 17.1 Å². The number of methoxy groups -OCH3 is 1. The number of aromatic nitrogens is 2. The molecule has 0 saturated carbocycles. The Morgan fingerprint density at radius 2 is 1.80 bits per heavy atom. The van der Waals surface area contributed by atoms with Crippen LogP contribution in [-0.4, -0.2) is 71.3 Å². The number of nitrogens with one attached hydrogen (secondary N) is 1. The molecule has 3 atom stereocenters. The normalized spacial score (nSPS) is 23.2. The molecule has 1 N–H and O–H groups in total. The molecule has 1 fully saturated rings. The summed E-state index contributed by atoms with van der Waals surface area (Å²) in [6.45, 7) is 9.91. The number of carbonyl (C=O) groups excluding carboxylic acids is 3. The van der Waals surface area contributed by atoms with E-state index >= 15 is 0 Å². The Morgan fingerprint density at radius 1 is 1.07 bits per heavy atom. The quantitative estimate of drug-likeness (QED) is 0.342. The lowest BCUT2D eigenvalue weighted by atomic mass is 9.85. The third kappa shape index (κ3) is 7.44. The van der Waals surface area contributed by atoms with Crippen LogP contribution in [0.4, 0.5) is 4.79 Å². The van der Waals surface area contributed by atoms with E-state index < -0.39 is 41.6 Å². The number of benzene rings is 2. The average Bonchev–Trinajstić information content (AvgIpc) is 3.43. The Balaban J connectivity index is 1.59. The Morgan fingerprint density at radius 3 is 2.51 bits per heavy atom. The highest BCUT2D eigenvalue weighted by Crippen LogP contribution is 2.34. The first kappa shape index (κ1) is 31.9. The summed E-state index contributed by atoms with van der Waals surface area (Å²) in [5.41, 5.74) is 2.80. The van der Waals surface area contributed by atoms with Gasteiger partial charge in [-0.3, -0.25) is 4.79 Å². The third-order valence-electron chi connectivity index (χ3n) is 8.26. The standard InChI is InChI=1S/C35H42N4O6/c1-34(2,3)29-31(40)39-20-24(19-27(39)32(41)43-6)45-30-28(36-25-15-7-8-16-26(25)37-30)23-14-11-13-22(18-23)12-9-10-17-35(4,5)21-44-33(42)38-29/h7-9,11-16,18,24,27,29H,10,17,19-21H2,1-6H3,(H,38,42)/b12-9+/t24-,27?,29-/m1/s1. The second-order valence-electron chi connectivity index (χ2n) is 13.6. The summed E-state index contributed by atoms with van der Waals surface area (Å²) in [6.07, 6.45) is 4.64. The molecule has 2 aliphatic heterocycles. The van der Waals surface area contributed by atoms with E-state index in [-0.39, 0.29) is 25.0 Å². The monoisotopic (exact) mass is 614 g/mol. The van der Waals surface area contributed by atoms with Crippen molar-refractivity contribution >= 4 is 35.1 Å². The minimum absolute atomic E-state index is 0.0890. The van der Waals surface area contributed by atoms with Crippen molar-refractivity contribution in [2.24, 2.45) is 10.8 Å². The number of ether oxygens (including phenoxy) is 3. The molecule has 2 aliphatic rings. The molecule has 5 rings (SSSR count). The highest BCUT2D eigenvalue weighted by molar-refractivity contribution is 5.91. The zero-order valence-corrected chi connectivity index (χ0v) is 26.8. The molecule has 3 heterocycles. The Hall–Kier alpha value is -4.47. The molecule has 1 unspecified atom stereocenters. The van der Waals surface area contributed by atoms with Crippen molar-refractivity contribution in [1.82, 2.24) is 20.2 Å². The molecule has 0 aliphatic carbocycles. The molecule has 3 aromatic rings. The van der Waals surface area contributed by atoms with Crippen molar-refractivity contribution in [2.45, 2.75) is 72.1 Å². The fourth-order valence-corrected chi connectivity index (χ4v) is 5.69. The van der Waals surface area contributed by atoms with Crippen molar-refractivity contribution in [3.05, 3.63) is 60.2 Å². The number of allylic oxidation sites excluding steroid dienone is 1. The first-order chi connectivity index (χ1) is 21.3. The summed E-state index contributed by atoms with van der Waals surface area (Å²) >= 11 is 0. The Labute approximate surface area is 264 Å². The number of nitrogens with zero attached hydrogens (tertiary/aromatic N) is 3. The zero-order valence-electron chi connectivity index (χ0n) is 26.8. The van der Waals surface area contributed by atoms with Crippen LogP contribution in [0.2, 0.25) is 0 Å². The summed E-state index contributed by atoms with van der Waals surface area (Å²) in [5.74, 6) is -0.672. The van der Waals surface area contributed by atoms with Crippen molar-refractivity contribution in [2.75, 3.05) is 20.3 Å². The molecule has 238 valence electrons. The average molecular weight is 615 g/mol. The number of para-hydroxylation sites is 2. The van der Waals surface area contributed by atoms with E-state index in [2.05, 4.69) is 17.5 Å². The number of hydrogen-bond acceptors (Lipinski definition) is 8. The Kier molecular flexibility index (Phi) is 9.13. The minimum Gasteiger partial charge on any atom is -0.471 e. The maximum atomic E-state index is 14.1. The van der Waals surface area contributed by atoms with E-state index in [0.717, 1.165) is 29.5 Å². The van der Waals surface area contributed by atoms with Crippen LogP contribution in [0.5, 0.6) is 5.88 Å². The number of amides is 2. The fraction of sp³-hybridized carbons (Fsp3) is 0.457. The van der Waals surface area contributed by atoms with Gasteiger partial charge in [-0.15, -0.1) is 0 Å². The number of hydrogen-bond donors (Lipinski definition) is 1. The lowest BCUT2D eigenvalue weighted by molar-refractivity contribution is -0.152. The fourth-order valence-electron chi connectivity index (χ4n) is 5.69. The minimum atomic E-state index is -0.966. The molecular formula is C35H42N4O6. The number of fused-ring (bicyclic) bond motifs is 7. The van der Waals surface area contributed by atoms with Gasteiger partial charge < -0.3 is 24.4 Å². The number of carbonyl (C=O) groups is 3. The number of esters is 1. The van der Waals surface area contributed by atoms with Crippen molar-refractivity contribution < 1.29 is 28.6 Å². The summed E-state index contributed by atoms with van der Waals surface area (Å²) < 4.78 is 17.2. The number of rotatable bonds is 1. The largest absolute Gasteiger partial charge is 0.471 e. The van der Waals surface area contributed by atoms with Gasteiger partial charge in [-0.2, -0.15) is 0 Å². The van der Waals surface area contributed by atoms with Crippen LogP contribution >= 0.6 is 0 Å². The second-order valence-corrected chi connectivity index (χ2v) is 13.6. The van der Waals surface area contributed by atoms with Crippen LogP contribution in [0.25, 0.3) is 28.4 Å². The van der Waals surface area contributed by atoms with Gasteiger partial charge in [0.25, 0.3) is 0 Å². The smallest absolute Gasteiger partial charge is 0.407 e. The summed E-state index contributed by atoms with van der Waals surface area (Å²) in [4.78, 5) is 51.3. The van der Waals surface area contributed by atoms with E-state index in [4.69, 9.17) is 24.2 Å². The van der Waals surface area contributed by atoms with Gasteiger partial charge in [0.15, 0.2) is 0 Å². The number of alkyl carbamates (subject to hydrolysis) is 1. The van der Waals surface area contributed by atoms with E-state index in [0.29, 0.717) is 17.1 Å². The van der Waals surface area contributed by atoms with Crippen LogP contribution in [0.15, 0.2) is 54.6 Å². The van der Waals surface area contributed by atoms with Gasteiger partial charge in [0, 0.05) is 12.0 Å². The lowest BCUT2D eigenvalue weighted by Crippen LogP contribution is -2.57. The van der Waals surface area contributed by atoms with Crippen LogP contribution in [0, 0.1) is 10.8 Å². The molecule has 10 nitrogen and oxygen atoms in total. The zero-order chi connectivity index (χ0) is 32.4. The molecule has 45 heavy (non-hydrogen) atoms. The van der Waals surface area contributed by atoms with Gasteiger partial charge in [-0.1, -0.05) is 77.1 Å². The van der Waals surface area contributed by atoms with Crippen LogP contribution < -0.4 is 10.1 Å². The maximum Gasteiger partial charge on any atom is 0.407 e. The second kappa shape index (κ2) is 12.9. The van der Waals surface area contributed by atoms with Gasteiger partial charge in [-0.25, -0.2) is 19.6 Å². The van der Waals surface area contributed by atoms with Gasteiger partial charge >= 0.3 is 12.1 Å². The first-order valence-electron chi connectivity index (χ1n) is 15.4. The molecule has 0 radical (unpaired) electrons. The molecule has 2 amide bonds. The SMILES string of the molecule is COC(=O)C1C[C@@H]2CN1C(=O)[C@H](C(C)(C)C)NC(=O)OCC(C)(C)CC/C=C/c1cccc(c1)-c1nc3ccccc3nc1O2. The third-order valence-corrected chi connectivity index (χ3v) is 8.26. The molecule has 0 spiro atoms. The number of cyclic esters (lactones) is 1. The van der Waals surface area contributed by atoms with Gasteiger partial charge in [0.2, 0.25) is 11.8 Å². The Bertz CT molecular complexity index is 1610. The van der Waals surface area contributed by atoms with Crippen LogP contribution in [0.1, 0.15) is 59.4 Å². The summed E-state index contributed by atoms with van der Waals surface area (Å²) in [5, 5.41) is 2.79. The molecule has 2 aromatic carbocycles. The highest BCUT2D eigenvalue weighted by Gasteiger charge is 2.46. The van der Waals surface area contributed by atoms with Crippen LogP contribution in [0.3, 0.4) is 0 Å². The topological polar surface area (TPSA) is 120 Å². The van der Waals surface area contributed by atoms with E-state index in [1.165, 1.54) is 12.0 Å². The van der Waals surface area contributed by atoms with Crippen molar-refractivity contribution in [3.63, 3.8) is 0 Å². The maximum absolute atomic E-state index is 14.1. The molecular weight excluding hydrogens is 572 g/mol. The van der Waals surface area contributed by atoms with Crippen molar-refractivity contribution in [1.29, 1.82) is 0 Å². The van der Waals surface area contributed by atoms with Gasteiger partial charge in [-0.05, 0) is 47.4 Å². The van der Waals surface area contributed by atoms with E-state index in [1.54, 1.807) is 0 Å². The molecule has 1 saturated heterocycles. The molecule has 4 bridgehead atoms. The van der Waals surface area contributed by atoms with Gasteiger partial charge in [0.05, 0.1) is 31.3 Å². The molecule has 1 aromatic heterocycles. The first-order valence-corrected chi connectivity index (χ1v) is 15.4. The van der Waals surface area contributed by atoms with E-state index in [1.807, 2.05) is 83.1 Å². The van der Waals surface area contributed by atoms with E-state index in [9.17, 15) is 14.4 Å². The van der Waals surface area contributed by atoms with Gasteiger partial charge in [0.1, 0.15) is 23.9 Å². The summed E-state index contributed by atoms with van der Waals surface area (Å²) in [7, 11) is 1.29. The van der Waals surface area contributed by atoms with Crippen LogP contribution in [-0.2, 0) is 19.1 Å². The summed E-state index contributed by atoms with van der Waals surface area (Å²) in [6, 6.07) is 13.7. The predicted molar refractivity (Wildman–Crippen MR) is 171 cm³/mol.